The molecule has 0 saturated heterocycles. The summed E-state index contributed by atoms with van der Waals surface area (Å²) in [5.74, 6) is -0.852. The molecule has 0 unspecified atom stereocenters. The SMILES string of the molecule is CCOC(=O)Cn1c(C(=O)OCC)nc2ccccc21. The van der Waals surface area contributed by atoms with Crippen molar-refractivity contribution in [3.63, 3.8) is 0 Å². The van der Waals surface area contributed by atoms with E-state index in [9.17, 15) is 9.59 Å². The summed E-state index contributed by atoms with van der Waals surface area (Å²) in [5.41, 5.74) is 1.34. The first-order chi connectivity index (χ1) is 9.67. The molecule has 0 atom stereocenters. The van der Waals surface area contributed by atoms with Crippen LogP contribution in [0.3, 0.4) is 0 Å². The van der Waals surface area contributed by atoms with Gasteiger partial charge in [-0.15, -0.1) is 0 Å². The predicted octanol–water partition coefficient (Wildman–Crippen LogP) is 1.78. The van der Waals surface area contributed by atoms with Crippen LogP contribution < -0.4 is 0 Å². The Morgan fingerprint density at radius 3 is 2.55 bits per heavy atom. The fourth-order valence-electron chi connectivity index (χ4n) is 1.92. The summed E-state index contributed by atoms with van der Waals surface area (Å²) >= 11 is 0. The normalized spacial score (nSPS) is 10.5. The Bertz CT molecular complexity index is 633. The summed E-state index contributed by atoms with van der Waals surface area (Å²) < 4.78 is 11.4. The van der Waals surface area contributed by atoms with Crippen LogP contribution in [0, 0.1) is 0 Å². The molecule has 0 fully saturated rings. The van der Waals surface area contributed by atoms with Crippen molar-refractivity contribution in [2.45, 2.75) is 20.4 Å². The summed E-state index contributed by atoms with van der Waals surface area (Å²) in [6.07, 6.45) is 0. The molecule has 0 bridgehead atoms. The maximum atomic E-state index is 11.9. The van der Waals surface area contributed by atoms with Crippen molar-refractivity contribution in [3.8, 4) is 0 Å². The molecule has 1 heterocycles. The zero-order valence-corrected chi connectivity index (χ0v) is 11.5. The second kappa shape index (κ2) is 6.18. The van der Waals surface area contributed by atoms with Gasteiger partial charge in [-0.25, -0.2) is 9.78 Å². The van der Waals surface area contributed by atoms with Crippen molar-refractivity contribution in [1.29, 1.82) is 0 Å². The van der Waals surface area contributed by atoms with Crippen molar-refractivity contribution in [2.75, 3.05) is 13.2 Å². The first kappa shape index (κ1) is 14.0. The molecule has 0 radical (unpaired) electrons. The van der Waals surface area contributed by atoms with Gasteiger partial charge in [-0.1, -0.05) is 12.1 Å². The molecule has 0 aliphatic heterocycles. The lowest BCUT2D eigenvalue weighted by Gasteiger charge is -2.07. The highest BCUT2D eigenvalue weighted by Crippen LogP contribution is 2.17. The van der Waals surface area contributed by atoms with E-state index in [1.54, 1.807) is 26.0 Å². The highest BCUT2D eigenvalue weighted by Gasteiger charge is 2.20. The third-order valence-corrected chi connectivity index (χ3v) is 2.71. The molecular formula is C14H16N2O4. The molecule has 1 aromatic carbocycles. The number of ether oxygens (including phenoxy) is 2. The Hall–Kier alpha value is -2.37. The molecule has 2 rings (SSSR count). The first-order valence-electron chi connectivity index (χ1n) is 6.45. The number of benzene rings is 1. The van der Waals surface area contributed by atoms with Crippen molar-refractivity contribution in [3.05, 3.63) is 30.1 Å². The van der Waals surface area contributed by atoms with Crippen molar-refractivity contribution >= 4 is 23.0 Å². The number of para-hydroxylation sites is 2. The molecule has 20 heavy (non-hydrogen) atoms. The van der Waals surface area contributed by atoms with Gasteiger partial charge in [0.2, 0.25) is 5.82 Å². The van der Waals surface area contributed by atoms with E-state index in [0.717, 1.165) is 0 Å². The van der Waals surface area contributed by atoms with Gasteiger partial charge in [-0.2, -0.15) is 0 Å². The van der Waals surface area contributed by atoms with Crippen LogP contribution >= 0.6 is 0 Å². The van der Waals surface area contributed by atoms with Gasteiger partial charge in [0, 0.05) is 0 Å². The van der Waals surface area contributed by atoms with E-state index in [1.165, 1.54) is 4.57 Å². The average Bonchev–Trinajstić information content (AvgIpc) is 2.78. The highest BCUT2D eigenvalue weighted by molar-refractivity contribution is 5.92. The molecular weight excluding hydrogens is 260 g/mol. The molecule has 106 valence electrons. The first-order valence-corrected chi connectivity index (χ1v) is 6.45. The Balaban J connectivity index is 2.44. The molecule has 6 nitrogen and oxygen atoms in total. The van der Waals surface area contributed by atoms with Gasteiger partial charge in [-0.3, -0.25) is 4.79 Å². The molecule has 0 aliphatic carbocycles. The predicted molar refractivity (Wildman–Crippen MR) is 72.3 cm³/mol. The summed E-state index contributed by atoms with van der Waals surface area (Å²) in [6.45, 7) is 3.93. The maximum Gasteiger partial charge on any atom is 0.374 e. The van der Waals surface area contributed by atoms with E-state index < -0.39 is 11.9 Å². The number of fused-ring (bicyclic) bond motifs is 1. The highest BCUT2D eigenvalue weighted by atomic mass is 16.5. The second-order valence-corrected chi connectivity index (χ2v) is 4.04. The Morgan fingerprint density at radius 1 is 1.15 bits per heavy atom. The van der Waals surface area contributed by atoms with E-state index in [2.05, 4.69) is 4.98 Å². The van der Waals surface area contributed by atoms with E-state index in [-0.39, 0.29) is 19.0 Å². The topological polar surface area (TPSA) is 70.4 Å². The van der Waals surface area contributed by atoms with Crippen molar-refractivity contribution in [1.82, 2.24) is 9.55 Å². The average molecular weight is 276 g/mol. The quantitative estimate of drug-likeness (QED) is 0.778. The number of hydrogen-bond acceptors (Lipinski definition) is 5. The number of carbonyl (C=O) groups is 2. The van der Waals surface area contributed by atoms with Crippen LogP contribution in [0.2, 0.25) is 0 Å². The standard InChI is InChI=1S/C14H16N2O4/c1-3-19-12(17)9-16-11-8-6-5-7-10(11)15-13(16)14(18)20-4-2/h5-8H,3-4,9H2,1-2H3. The van der Waals surface area contributed by atoms with E-state index in [0.29, 0.717) is 17.6 Å². The number of aromatic nitrogens is 2. The third-order valence-electron chi connectivity index (χ3n) is 2.71. The summed E-state index contributed by atoms with van der Waals surface area (Å²) in [6, 6.07) is 7.21. The third kappa shape index (κ3) is 2.79. The van der Waals surface area contributed by atoms with E-state index >= 15 is 0 Å². The van der Waals surface area contributed by atoms with E-state index in [4.69, 9.17) is 9.47 Å². The zero-order chi connectivity index (χ0) is 14.5. The van der Waals surface area contributed by atoms with Gasteiger partial charge in [0.15, 0.2) is 0 Å². The molecule has 6 heteroatoms. The van der Waals surface area contributed by atoms with Gasteiger partial charge in [0.1, 0.15) is 6.54 Å². The van der Waals surface area contributed by atoms with Crippen LogP contribution in [-0.2, 0) is 20.8 Å². The van der Waals surface area contributed by atoms with Crippen molar-refractivity contribution in [2.24, 2.45) is 0 Å². The fourth-order valence-corrected chi connectivity index (χ4v) is 1.92. The van der Waals surface area contributed by atoms with Gasteiger partial charge in [-0.05, 0) is 26.0 Å². The number of carbonyl (C=O) groups excluding carboxylic acids is 2. The van der Waals surface area contributed by atoms with Crippen LogP contribution in [0.25, 0.3) is 11.0 Å². The number of esters is 2. The van der Waals surface area contributed by atoms with Gasteiger partial charge >= 0.3 is 11.9 Å². The van der Waals surface area contributed by atoms with Crippen LogP contribution in [-0.4, -0.2) is 34.7 Å². The van der Waals surface area contributed by atoms with Crippen LogP contribution in [0.4, 0.5) is 0 Å². The molecule has 2 aromatic rings. The fraction of sp³-hybridized carbons (Fsp3) is 0.357. The van der Waals surface area contributed by atoms with Gasteiger partial charge < -0.3 is 14.0 Å². The number of rotatable bonds is 5. The van der Waals surface area contributed by atoms with Crippen molar-refractivity contribution < 1.29 is 19.1 Å². The second-order valence-electron chi connectivity index (χ2n) is 4.04. The smallest absolute Gasteiger partial charge is 0.374 e. The van der Waals surface area contributed by atoms with Crippen LogP contribution in [0.1, 0.15) is 24.5 Å². The summed E-state index contributed by atoms with van der Waals surface area (Å²) in [4.78, 5) is 27.8. The molecule has 0 amide bonds. The number of hydrogen-bond donors (Lipinski definition) is 0. The Morgan fingerprint density at radius 2 is 1.85 bits per heavy atom. The van der Waals surface area contributed by atoms with Gasteiger partial charge in [0.05, 0.1) is 24.2 Å². The minimum absolute atomic E-state index is 0.0670. The minimum Gasteiger partial charge on any atom is -0.465 e. The number of nitrogens with zero attached hydrogens (tertiary/aromatic N) is 2. The molecule has 0 spiro atoms. The number of imidazole rings is 1. The molecule has 0 N–H and O–H groups in total. The lowest BCUT2D eigenvalue weighted by atomic mass is 10.3. The summed E-state index contributed by atoms with van der Waals surface area (Å²) in [5, 5.41) is 0. The largest absolute Gasteiger partial charge is 0.465 e. The zero-order valence-electron chi connectivity index (χ0n) is 11.5. The van der Waals surface area contributed by atoms with Gasteiger partial charge in [0.25, 0.3) is 0 Å². The summed E-state index contributed by atoms with van der Waals surface area (Å²) in [7, 11) is 0. The monoisotopic (exact) mass is 276 g/mol. The minimum atomic E-state index is -0.548. The molecule has 0 saturated carbocycles. The van der Waals surface area contributed by atoms with E-state index in [1.807, 2.05) is 12.1 Å². The Labute approximate surface area is 116 Å². The lowest BCUT2D eigenvalue weighted by Crippen LogP contribution is -2.19. The van der Waals surface area contributed by atoms with Crippen LogP contribution in [0.15, 0.2) is 24.3 Å². The molecule has 0 aliphatic rings. The Kier molecular flexibility index (Phi) is 4.34. The lowest BCUT2D eigenvalue weighted by molar-refractivity contribution is -0.143. The molecule has 1 aromatic heterocycles. The maximum absolute atomic E-state index is 11.9. The van der Waals surface area contributed by atoms with Crippen LogP contribution in [0.5, 0.6) is 0 Å².